The zero-order valence-corrected chi connectivity index (χ0v) is 18.0. The van der Waals surface area contributed by atoms with Gasteiger partial charge >= 0.3 is 6.61 Å². The van der Waals surface area contributed by atoms with E-state index in [0.717, 1.165) is 31.4 Å². The molecule has 2 fully saturated rings. The van der Waals surface area contributed by atoms with Crippen LogP contribution in [0.25, 0.3) is 0 Å². The number of halogens is 2. The molecule has 2 N–H and O–H groups in total. The fourth-order valence-electron chi connectivity index (χ4n) is 4.26. The number of piperazine rings is 1. The number of hydrogen-bond acceptors (Lipinski definition) is 5. The first-order valence-electron chi connectivity index (χ1n) is 11.0. The molecule has 172 valence electrons. The molecule has 0 bridgehead atoms. The largest absolute Gasteiger partial charge is 0.486 e. The Morgan fingerprint density at radius 2 is 1.88 bits per heavy atom. The van der Waals surface area contributed by atoms with Crippen LogP contribution in [0.1, 0.15) is 24.8 Å². The smallest absolute Gasteiger partial charge is 0.387 e. The Kier molecular flexibility index (Phi) is 7.09. The Labute approximate surface area is 186 Å². The molecule has 1 atom stereocenters. The van der Waals surface area contributed by atoms with Gasteiger partial charge in [-0.2, -0.15) is 8.78 Å². The Morgan fingerprint density at radius 3 is 2.53 bits per heavy atom. The maximum absolute atomic E-state index is 12.9. The van der Waals surface area contributed by atoms with Crippen LogP contribution in [0, 0.1) is 0 Å². The number of nitrogens with zero attached hydrogens (tertiary/aromatic N) is 2. The summed E-state index contributed by atoms with van der Waals surface area (Å²) in [5.74, 6) is 0.0664. The van der Waals surface area contributed by atoms with E-state index >= 15 is 0 Å². The van der Waals surface area contributed by atoms with Crippen molar-refractivity contribution in [2.75, 3.05) is 31.1 Å². The molecular formula is C24H29F2N3O3. The van der Waals surface area contributed by atoms with E-state index in [0.29, 0.717) is 25.4 Å². The van der Waals surface area contributed by atoms with Gasteiger partial charge in [0.2, 0.25) is 5.91 Å². The Morgan fingerprint density at radius 1 is 1.09 bits per heavy atom. The number of primary amides is 1. The highest BCUT2D eigenvalue weighted by atomic mass is 19.3. The molecule has 2 aromatic rings. The van der Waals surface area contributed by atoms with Crippen molar-refractivity contribution in [2.45, 2.75) is 44.4 Å². The lowest BCUT2D eigenvalue weighted by Gasteiger charge is -2.42. The summed E-state index contributed by atoms with van der Waals surface area (Å²) in [5.41, 5.74) is 7.55. The molecule has 2 aromatic carbocycles. The average Bonchev–Trinajstić information content (AvgIpc) is 2.73. The van der Waals surface area contributed by atoms with Gasteiger partial charge in [-0.25, -0.2) is 0 Å². The first kappa shape index (κ1) is 22.3. The number of benzene rings is 2. The molecule has 2 aliphatic rings. The third-order valence-corrected chi connectivity index (χ3v) is 6.13. The molecule has 1 saturated carbocycles. The lowest BCUT2D eigenvalue weighted by atomic mass is 9.96. The molecule has 1 heterocycles. The zero-order valence-electron chi connectivity index (χ0n) is 18.0. The maximum Gasteiger partial charge on any atom is 0.387 e. The summed E-state index contributed by atoms with van der Waals surface area (Å²) in [6.07, 6.45) is 3.75. The summed E-state index contributed by atoms with van der Waals surface area (Å²) in [7, 11) is 0. The molecule has 1 amide bonds. The highest BCUT2D eigenvalue weighted by Gasteiger charge is 2.29. The number of amides is 1. The van der Waals surface area contributed by atoms with Crippen LogP contribution in [0.4, 0.5) is 14.5 Å². The van der Waals surface area contributed by atoms with Crippen LogP contribution in [0.3, 0.4) is 0 Å². The number of carbonyl (C=O) groups excluding carboxylic acids is 1. The molecule has 0 radical (unpaired) electrons. The number of hydrogen-bond donors (Lipinski definition) is 1. The number of nitrogens with two attached hydrogens (primary N) is 1. The fraction of sp³-hybridized carbons (Fsp3) is 0.458. The first-order chi connectivity index (χ1) is 15.5. The van der Waals surface area contributed by atoms with Gasteiger partial charge in [0, 0.05) is 37.4 Å². The van der Waals surface area contributed by atoms with E-state index in [9.17, 15) is 13.6 Å². The molecule has 6 nitrogen and oxygen atoms in total. The summed E-state index contributed by atoms with van der Waals surface area (Å²) in [4.78, 5) is 15.9. The van der Waals surface area contributed by atoms with Crippen LogP contribution in [0.15, 0.2) is 48.5 Å². The van der Waals surface area contributed by atoms with Crippen molar-refractivity contribution in [1.29, 1.82) is 0 Å². The highest BCUT2D eigenvalue weighted by Crippen LogP contribution is 2.37. The van der Waals surface area contributed by atoms with E-state index in [2.05, 4.69) is 26.7 Å². The lowest BCUT2D eigenvalue weighted by molar-refractivity contribution is -0.119. The SMILES string of the molecule is NC(=O)CN1CCN(c2ccc(OC(F)F)c(OC3CCC3)c2)C[C@@H]1Cc1ccccc1. The molecule has 8 heteroatoms. The molecule has 1 aliphatic carbocycles. The normalized spacial score (nSPS) is 19.6. The molecule has 1 aliphatic heterocycles. The lowest BCUT2D eigenvalue weighted by Crippen LogP contribution is -2.56. The van der Waals surface area contributed by atoms with Crippen LogP contribution in [0.2, 0.25) is 0 Å². The van der Waals surface area contributed by atoms with Crippen molar-refractivity contribution in [1.82, 2.24) is 4.90 Å². The van der Waals surface area contributed by atoms with Crippen molar-refractivity contribution >= 4 is 11.6 Å². The monoisotopic (exact) mass is 445 g/mol. The third-order valence-electron chi connectivity index (χ3n) is 6.13. The van der Waals surface area contributed by atoms with E-state index in [-0.39, 0.29) is 30.3 Å². The van der Waals surface area contributed by atoms with Gasteiger partial charge in [0.25, 0.3) is 0 Å². The molecule has 4 rings (SSSR count). The van der Waals surface area contributed by atoms with Gasteiger partial charge in [-0.1, -0.05) is 30.3 Å². The van der Waals surface area contributed by atoms with Gasteiger partial charge in [0.1, 0.15) is 0 Å². The molecular weight excluding hydrogens is 416 g/mol. The molecule has 0 spiro atoms. The predicted octanol–water partition coefficient (Wildman–Crippen LogP) is 3.44. The van der Waals surface area contributed by atoms with E-state index in [1.165, 1.54) is 5.56 Å². The summed E-state index contributed by atoms with van der Waals surface area (Å²) in [6, 6.07) is 15.3. The number of anilines is 1. The van der Waals surface area contributed by atoms with Crippen molar-refractivity contribution in [3.05, 3.63) is 54.1 Å². The van der Waals surface area contributed by atoms with Crippen molar-refractivity contribution in [3.63, 3.8) is 0 Å². The van der Waals surface area contributed by atoms with E-state index < -0.39 is 6.61 Å². The Bertz CT molecular complexity index is 909. The van der Waals surface area contributed by atoms with Crippen molar-refractivity contribution < 1.29 is 23.0 Å². The summed E-state index contributed by atoms with van der Waals surface area (Å²) >= 11 is 0. The Balaban J connectivity index is 1.53. The summed E-state index contributed by atoms with van der Waals surface area (Å²) < 4.78 is 36.4. The second-order valence-electron chi connectivity index (χ2n) is 8.41. The van der Waals surface area contributed by atoms with Gasteiger partial charge < -0.3 is 20.1 Å². The topological polar surface area (TPSA) is 68.0 Å². The quantitative estimate of drug-likeness (QED) is 0.641. The minimum atomic E-state index is -2.91. The van der Waals surface area contributed by atoms with E-state index in [4.69, 9.17) is 10.5 Å². The predicted molar refractivity (Wildman–Crippen MR) is 118 cm³/mol. The van der Waals surface area contributed by atoms with Crippen molar-refractivity contribution in [3.8, 4) is 11.5 Å². The van der Waals surface area contributed by atoms with E-state index in [1.807, 2.05) is 18.2 Å². The summed E-state index contributed by atoms with van der Waals surface area (Å²) in [5, 5.41) is 0. The number of alkyl halides is 2. The van der Waals surface area contributed by atoms with Crippen LogP contribution < -0.4 is 20.1 Å². The molecule has 0 aromatic heterocycles. The third kappa shape index (κ3) is 5.68. The summed E-state index contributed by atoms with van der Waals surface area (Å²) in [6.45, 7) is -0.648. The van der Waals surface area contributed by atoms with Gasteiger partial charge in [-0.15, -0.1) is 0 Å². The number of ether oxygens (including phenoxy) is 2. The Hall–Kier alpha value is -2.87. The van der Waals surface area contributed by atoms with Gasteiger partial charge in [0.15, 0.2) is 11.5 Å². The second kappa shape index (κ2) is 10.2. The van der Waals surface area contributed by atoms with Crippen molar-refractivity contribution in [2.24, 2.45) is 5.73 Å². The van der Waals surface area contributed by atoms with Crippen LogP contribution >= 0.6 is 0 Å². The van der Waals surface area contributed by atoms with E-state index in [1.54, 1.807) is 18.2 Å². The van der Waals surface area contributed by atoms with Gasteiger partial charge in [-0.05, 0) is 43.4 Å². The minimum Gasteiger partial charge on any atom is -0.486 e. The molecule has 1 saturated heterocycles. The van der Waals surface area contributed by atoms with Crippen LogP contribution in [0.5, 0.6) is 11.5 Å². The van der Waals surface area contributed by atoms with Gasteiger partial charge in [-0.3, -0.25) is 9.69 Å². The molecule has 32 heavy (non-hydrogen) atoms. The maximum atomic E-state index is 12.9. The zero-order chi connectivity index (χ0) is 22.5. The minimum absolute atomic E-state index is 0.0449. The number of rotatable bonds is 9. The van der Waals surface area contributed by atoms with Crippen LogP contribution in [-0.4, -0.2) is 55.7 Å². The van der Waals surface area contributed by atoms with Gasteiger partial charge in [0.05, 0.1) is 12.6 Å². The standard InChI is InChI=1S/C24H29F2N3O3/c25-24(26)32-21-10-9-18(14-22(21)31-20-7-4-8-20)28-11-12-29(16-23(27)30)19(15-28)13-17-5-2-1-3-6-17/h1-3,5-6,9-10,14,19-20,24H,4,7-8,11-13,15-16H2,(H2,27,30)/t19-/m0/s1. The van der Waals surface area contributed by atoms with Crippen LogP contribution in [-0.2, 0) is 11.2 Å². The number of carbonyl (C=O) groups is 1. The first-order valence-corrected chi connectivity index (χ1v) is 11.0. The second-order valence-corrected chi connectivity index (χ2v) is 8.41. The highest BCUT2D eigenvalue weighted by molar-refractivity contribution is 5.76. The fourth-order valence-corrected chi connectivity index (χ4v) is 4.26. The average molecular weight is 446 g/mol. The molecule has 0 unspecified atom stereocenters.